The van der Waals surface area contributed by atoms with E-state index in [0.29, 0.717) is 6.04 Å². The van der Waals surface area contributed by atoms with Crippen LogP contribution in [0.2, 0.25) is 0 Å². The number of hydrogen-bond acceptors (Lipinski definition) is 2. The molecule has 1 aliphatic carbocycles. The van der Waals surface area contributed by atoms with Gasteiger partial charge < -0.3 is 10.3 Å². The molecule has 2 aromatic rings. The summed E-state index contributed by atoms with van der Waals surface area (Å²) in [7, 11) is 0. The number of anilines is 1. The summed E-state index contributed by atoms with van der Waals surface area (Å²) in [5.41, 5.74) is 2.15. The highest BCUT2D eigenvalue weighted by Gasteiger charge is 2.21. The van der Waals surface area contributed by atoms with Gasteiger partial charge in [0.15, 0.2) is 0 Å². The second-order valence-electron chi connectivity index (χ2n) is 5.12. The second kappa shape index (κ2) is 4.40. The van der Waals surface area contributed by atoms with Crippen molar-refractivity contribution in [3.05, 3.63) is 24.3 Å². The third-order valence-electron chi connectivity index (χ3n) is 3.82. The van der Waals surface area contributed by atoms with Gasteiger partial charge in [-0.3, -0.25) is 0 Å². The number of hydrogen-bond donors (Lipinski definition) is 2. The highest BCUT2D eigenvalue weighted by Crippen LogP contribution is 2.26. The molecule has 0 bridgehead atoms. The van der Waals surface area contributed by atoms with E-state index in [-0.39, 0.29) is 0 Å². The molecule has 3 nitrogen and oxygen atoms in total. The summed E-state index contributed by atoms with van der Waals surface area (Å²) >= 11 is 0. The van der Waals surface area contributed by atoms with E-state index in [9.17, 15) is 0 Å². The second-order valence-corrected chi connectivity index (χ2v) is 5.12. The molecule has 0 radical (unpaired) electrons. The molecule has 3 heteroatoms. The van der Waals surface area contributed by atoms with E-state index in [1.807, 2.05) is 18.2 Å². The minimum Gasteiger partial charge on any atom is -0.353 e. The predicted octanol–water partition coefficient (Wildman–Crippen LogP) is 3.55. The van der Waals surface area contributed by atoms with Crippen LogP contribution in [-0.2, 0) is 0 Å². The number of nitrogens with one attached hydrogen (secondary N) is 2. The molecule has 0 aliphatic heterocycles. The van der Waals surface area contributed by atoms with Crippen molar-refractivity contribution in [2.75, 3.05) is 5.32 Å². The molecule has 1 saturated carbocycles. The fourth-order valence-electron chi connectivity index (χ4n) is 2.73. The van der Waals surface area contributed by atoms with Crippen LogP contribution in [-0.4, -0.2) is 16.0 Å². The summed E-state index contributed by atoms with van der Waals surface area (Å²) in [6, 6.07) is 8.74. The third kappa shape index (κ3) is 2.14. The molecule has 2 atom stereocenters. The Morgan fingerprint density at radius 2 is 2.06 bits per heavy atom. The van der Waals surface area contributed by atoms with Gasteiger partial charge >= 0.3 is 0 Å². The molecule has 1 fully saturated rings. The Bertz CT molecular complexity index is 470. The van der Waals surface area contributed by atoms with Gasteiger partial charge in [-0.05, 0) is 30.9 Å². The molecule has 2 N–H and O–H groups in total. The number of benzene rings is 1. The van der Waals surface area contributed by atoms with Gasteiger partial charge in [0.1, 0.15) is 0 Å². The monoisotopic (exact) mass is 229 g/mol. The molecule has 90 valence electrons. The molecule has 1 aromatic heterocycles. The molecule has 0 amide bonds. The first-order chi connectivity index (χ1) is 8.33. The fourth-order valence-corrected chi connectivity index (χ4v) is 2.73. The van der Waals surface area contributed by atoms with Gasteiger partial charge in [-0.2, -0.15) is 0 Å². The molecule has 0 spiro atoms. The zero-order chi connectivity index (χ0) is 11.7. The Kier molecular flexibility index (Phi) is 2.75. The smallest absolute Gasteiger partial charge is 0.201 e. The van der Waals surface area contributed by atoms with Gasteiger partial charge in [-0.1, -0.05) is 31.9 Å². The lowest BCUT2D eigenvalue weighted by Crippen LogP contribution is -2.30. The first-order valence-corrected chi connectivity index (χ1v) is 6.54. The van der Waals surface area contributed by atoms with Crippen LogP contribution in [0.4, 0.5) is 5.95 Å². The predicted molar refractivity (Wildman–Crippen MR) is 71.1 cm³/mol. The summed E-state index contributed by atoms with van der Waals surface area (Å²) in [6.45, 7) is 2.33. The van der Waals surface area contributed by atoms with E-state index in [1.165, 1.54) is 25.7 Å². The number of fused-ring (bicyclic) bond motifs is 1. The van der Waals surface area contributed by atoms with E-state index in [1.54, 1.807) is 0 Å². The van der Waals surface area contributed by atoms with E-state index >= 15 is 0 Å². The van der Waals surface area contributed by atoms with Crippen molar-refractivity contribution in [1.29, 1.82) is 0 Å². The molecular weight excluding hydrogens is 210 g/mol. The first-order valence-electron chi connectivity index (χ1n) is 6.54. The van der Waals surface area contributed by atoms with Gasteiger partial charge in [0, 0.05) is 6.04 Å². The van der Waals surface area contributed by atoms with Crippen molar-refractivity contribution in [3.63, 3.8) is 0 Å². The van der Waals surface area contributed by atoms with E-state index in [2.05, 4.69) is 28.3 Å². The van der Waals surface area contributed by atoms with Gasteiger partial charge in [0.05, 0.1) is 11.0 Å². The lowest BCUT2D eigenvalue weighted by molar-refractivity contribution is 0.348. The van der Waals surface area contributed by atoms with Gasteiger partial charge in [0.2, 0.25) is 5.95 Å². The normalized spacial score (nSPS) is 25.0. The first kappa shape index (κ1) is 10.6. The summed E-state index contributed by atoms with van der Waals surface area (Å²) < 4.78 is 0. The van der Waals surface area contributed by atoms with Crippen LogP contribution >= 0.6 is 0 Å². The number of aromatic amines is 1. The maximum absolute atomic E-state index is 4.57. The standard InChI is InChI=1S/C14H19N3/c1-10-6-2-3-7-11(10)15-14-16-12-8-4-5-9-13(12)17-14/h4-5,8-11H,2-3,6-7H2,1H3,(H2,15,16,17)/t10-,11-/m1/s1. The summed E-state index contributed by atoms with van der Waals surface area (Å²) in [5.74, 6) is 1.67. The highest BCUT2D eigenvalue weighted by molar-refractivity contribution is 5.77. The Morgan fingerprint density at radius 3 is 2.88 bits per heavy atom. The topological polar surface area (TPSA) is 40.7 Å². The number of rotatable bonds is 2. The average molecular weight is 229 g/mol. The largest absolute Gasteiger partial charge is 0.353 e. The minimum absolute atomic E-state index is 0.573. The maximum Gasteiger partial charge on any atom is 0.201 e. The Morgan fingerprint density at radius 1 is 1.24 bits per heavy atom. The number of aromatic nitrogens is 2. The van der Waals surface area contributed by atoms with Crippen molar-refractivity contribution in [2.45, 2.75) is 38.6 Å². The Labute approximate surface area is 102 Å². The zero-order valence-electron chi connectivity index (χ0n) is 10.2. The van der Waals surface area contributed by atoms with Crippen LogP contribution in [0.5, 0.6) is 0 Å². The van der Waals surface area contributed by atoms with Crippen LogP contribution < -0.4 is 5.32 Å². The van der Waals surface area contributed by atoms with Crippen molar-refractivity contribution in [3.8, 4) is 0 Å². The van der Waals surface area contributed by atoms with Crippen LogP contribution in [0.1, 0.15) is 32.6 Å². The van der Waals surface area contributed by atoms with Crippen LogP contribution in [0, 0.1) is 5.92 Å². The third-order valence-corrected chi connectivity index (χ3v) is 3.82. The average Bonchev–Trinajstić information content (AvgIpc) is 2.74. The SMILES string of the molecule is C[C@@H]1CCCC[C@H]1Nc1nc2ccccc2[nH]1. The lowest BCUT2D eigenvalue weighted by atomic mass is 9.86. The summed E-state index contributed by atoms with van der Waals surface area (Å²) in [6.07, 6.45) is 5.30. The molecule has 17 heavy (non-hydrogen) atoms. The number of H-pyrrole nitrogens is 1. The van der Waals surface area contributed by atoms with Gasteiger partial charge in [-0.15, -0.1) is 0 Å². The Balaban J connectivity index is 1.79. The maximum atomic E-state index is 4.57. The van der Waals surface area contributed by atoms with Gasteiger partial charge in [0.25, 0.3) is 0 Å². The molecule has 0 saturated heterocycles. The van der Waals surface area contributed by atoms with Crippen molar-refractivity contribution in [1.82, 2.24) is 9.97 Å². The number of para-hydroxylation sites is 2. The van der Waals surface area contributed by atoms with Crippen molar-refractivity contribution in [2.24, 2.45) is 5.92 Å². The van der Waals surface area contributed by atoms with Crippen molar-refractivity contribution >= 4 is 17.0 Å². The molecular formula is C14H19N3. The summed E-state index contributed by atoms with van der Waals surface area (Å²) in [4.78, 5) is 7.92. The van der Waals surface area contributed by atoms with Crippen LogP contribution in [0.15, 0.2) is 24.3 Å². The summed E-state index contributed by atoms with van der Waals surface area (Å²) in [5, 5.41) is 3.55. The van der Waals surface area contributed by atoms with Crippen LogP contribution in [0.25, 0.3) is 11.0 Å². The zero-order valence-corrected chi connectivity index (χ0v) is 10.2. The number of nitrogens with zero attached hydrogens (tertiary/aromatic N) is 1. The number of imidazole rings is 1. The quantitative estimate of drug-likeness (QED) is 0.826. The van der Waals surface area contributed by atoms with E-state index < -0.39 is 0 Å². The fraction of sp³-hybridized carbons (Fsp3) is 0.500. The molecule has 0 unspecified atom stereocenters. The molecule has 1 aliphatic rings. The lowest BCUT2D eigenvalue weighted by Gasteiger charge is -2.29. The van der Waals surface area contributed by atoms with Crippen molar-refractivity contribution < 1.29 is 0 Å². The molecule has 1 heterocycles. The minimum atomic E-state index is 0.573. The molecule has 1 aromatic carbocycles. The molecule has 3 rings (SSSR count). The Hall–Kier alpha value is -1.51. The van der Waals surface area contributed by atoms with Crippen LogP contribution in [0.3, 0.4) is 0 Å². The highest BCUT2D eigenvalue weighted by atomic mass is 15.1. The van der Waals surface area contributed by atoms with E-state index in [0.717, 1.165) is 22.9 Å². The van der Waals surface area contributed by atoms with E-state index in [4.69, 9.17) is 0 Å². The van der Waals surface area contributed by atoms with Gasteiger partial charge in [-0.25, -0.2) is 4.98 Å².